The molecule has 0 saturated carbocycles. The van der Waals surface area contributed by atoms with Crippen LogP contribution >= 0.6 is 0 Å². The molecule has 2 heteroatoms. The molecule has 0 aromatic heterocycles. The van der Waals surface area contributed by atoms with Gasteiger partial charge in [-0.15, -0.1) is 12.3 Å². The number of unbranched alkanes of at least 4 members (excludes halogenated alkanes) is 1. The number of hydrogen-bond donors (Lipinski definition) is 1. The maximum Gasteiger partial charge on any atom is 0.0732 e. The average molecular weight is 223 g/mol. The lowest BCUT2D eigenvalue weighted by Crippen LogP contribution is -2.40. The van der Waals surface area contributed by atoms with Gasteiger partial charge >= 0.3 is 0 Å². The lowest BCUT2D eigenvalue weighted by atomic mass is 10.0. The first kappa shape index (κ1) is 13.5. The Labute approximate surface area is 100 Å². The topological polar surface area (TPSA) is 21.3 Å². The number of terminal acetylenes is 1. The summed E-state index contributed by atoms with van der Waals surface area (Å²) in [5.74, 6) is 2.71. The van der Waals surface area contributed by atoms with Gasteiger partial charge in [-0.2, -0.15) is 0 Å². The molecule has 1 rings (SSSR count). The summed E-state index contributed by atoms with van der Waals surface area (Å²) in [6, 6.07) is 0.498. The average Bonchev–Trinajstić information content (AvgIpc) is 2.70. The Bertz CT molecular complexity index is 221. The van der Waals surface area contributed by atoms with Crippen LogP contribution in [-0.4, -0.2) is 24.8 Å². The van der Waals surface area contributed by atoms with Gasteiger partial charge in [0.15, 0.2) is 0 Å². The fourth-order valence-corrected chi connectivity index (χ4v) is 2.30. The van der Waals surface area contributed by atoms with Gasteiger partial charge in [-0.3, -0.25) is 0 Å². The molecule has 0 radical (unpaired) electrons. The standard InChI is InChI=1S/C14H25NO/c1-4-6-7-8-13(15-11-5-2)14-10-9-12(3)16-14/h1,12-15H,5-11H2,2-3H3. The van der Waals surface area contributed by atoms with E-state index < -0.39 is 0 Å². The zero-order valence-electron chi connectivity index (χ0n) is 10.7. The third kappa shape index (κ3) is 4.55. The van der Waals surface area contributed by atoms with E-state index in [-0.39, 0.29) is 0 Å². The molecule has 0 aliphatic carbocycles. The first-order chi connectivity index (χ1) is 7.77. The van der Waals surface area contributed by atoms with E-state index in [1.54, 1.807) is 0 Å². The predicted molar refractivity (Wildman–Crippen MR) is 68.3 cm³/mol. The second-order valence-electron chi connectivity index (χ2n) is 4.72. The molecular weight excluding hydrogens is 198 g/mol. The minimum Gasteiger partial charge on any atom is -0.374 e. The smallest absolute Gasteiger partial charge is 0.0732 e. The zero-order valence-corrected chi connectivity index (χ0v) is 10.7. The molecule has 0 aromatic carbocycles. The molecular formula is C14H25NO. The first-order valence-corrected chi connectivity index (χ1v) is 6.60. The summed E-state index contributed by atoms with van der Waals surface area (Å²) >= 11 is 0. The van der Waals surface area contributed by atoms with Crippen molar-refractivity contribution in [2.45, 2.75) is 70.6 Å². The van der Waals surface area contributed by atoms with Gasteiger partial charge in [-0.25, -0.2) is 0 Å². The highest BCUT2D eigenvalue weighted by atomic mass is 16.5. The van der Waals surface area contributed by atoms with Gasteiger partial charge in [0.2, 0.25) is 0 Å². The number of ether oxygens (including phenoxy) is 1. The van der Waals surface area contributed by atoms with Gasteiger partial charge in [-0.05, 0) is 45.6 Å². The van der Waals surface area contributed by atoms with E-state index in [1.165, 1.54) is 19.3 Å². The van der Waals surface area contributed by atoms with E-state index in [0.29, 0.717) is 18.2 Å². The van der Waals surface area contributed by atoms with Crippen molar-refractivity contribution in [3.63, 3.8) is 0 Å². The van der Waals surface area contributed by atoms with Crippen LogP contribution in [0.15, 0.2) is 0 Å². The lowest BCUT2D eigenvalue weighted by molar-refractivity contribution is 0.0297. The molecule has 1 N–H and O–H groups in total. The second kappa shape index (κ2) is 7.70. The van der Waals surface area contributed by atoms with Gasteiger partial charge in [0.1, 0.15) is 0 Å². The van der Waals surface area contributed by atoms with Crippen LogP contribution in [0.3, 0.4) is 0 Å². The van der Waals surface area contributed by atoms with Crippen LogP contribution in [0.25, 0.3) is 0 Å². The molecule has 1 heterocycles. The van der Waals surface area contributed by atoms with Crippen molar-refractivity contribution in [2.24, 2.45) is 0 Å². The van der Waals surface area contributed by atoms with Crippen LogP contribution in [0, 0.1) is 12.3 Å². The monoisotopic (exact) mass is 223 g/mol. The Balaban J connectivity index is 2.33. The molecule has 2 nitrogen and oxygen atoms in total. The molecule has 3 atom stereocenters. The van der Waals surface area contributed by atoms with Gasteiger partial charge in [0.25, 0.3) is 0 Å². The molecule has 0 amide bonds. The molecule has 1 saturated heterocycles. The summed E-state index contributed by atoms with van der Waals surface area (Å²) in [5.41, 5.74) is 0. The highest BCUT2D eigenvalue weighted by molar-refractivity contribution is 4.87. The summed E-state index contributed by atoms with van der Waals surface area (Å²) in [6.45, 7) is 5.44. The molecule has 0 spiro atoms. The normalized spacial score (nSPS) is 26.6. The Kier molecular flexibility index (Phi) is 6.52. The van der Waals surface area contributed by atoms with Gasteiger partial charge < -0.3 is 10.1 Å². The van der Waals surface area contributed by atoms with Crippen LogP contribution < -0.4 is 5.32 Å². The van der Waals surface area contributed by atoms with Gasteiger partial charge in [0, 0.05) is 12.5 Å². The minimum atomic E-state index is 0.402. The molecule has 0 bridgehead atoms. The summed E-state index contributed by atoms with van der Waals surface area (Å²) < 4.78 is 5.94. The van der Waals surface area contributed by atoms with E-state index in [1.807, 2.05) is 0 Å². The number of hydrogen-bond acceptors (Lipinski definition) is 2. The molecule has 1 aliphatic heterocycles. The summed E-state index contributed by atoms with van der Waals surface area (Å²) in [6.07, 6.45) is 12.8. The molecule has 3 unspecified atom stereocenters. The van der Waals surface area contributed by atoms with Crippen LogP contribution in [0.1, 0.15) is 52.4 Å². The molecule has 0 aromatic rings. The van der Waals surface area contributed by atoms with E-state index in [2.05, 4.69) is 25.1 Å². The Hall–Kier alpha value is -0.520. The van der Waals surface area contributed by atoms with Crippen LogP contribution in [-0.2, 0) is 4.74 Å². The highest BCUT2D eigenvalue weighted by Crippen LogP contribution is 2.24. The van der Waals surface area contributed by atoms with Crippen molar-refractivity contribution >= 4 is 0 Å². The maximum atomic E-state index is 5.94. The van der Waals surface area contributed by atoms with Crippen molar-refractivity contribution in [1.82, 2.24) is 5.32 Å². The number of rotatable bonds is 7. The van der Waals surface area contributed by atoms with Crippen molar-refractivity contribution in [3.8, 4) is 12.3 Å². The summed E-state index contributed by atoms with van der Waals surface area (Å²) in [7, 11) is 0. The largest absolute Gasteiger partial charge is 0.374 e. The van der Waals surface area contributed by atoms with Crippen molar-refractivity contribution < 1.29 is 4.74 Å². The summed E-state index contributed by atoms with van der Waals surface area (Å²) in [4.78, 5) is 0. The fourth-order valence-electron chi connectivity index (χ4n) is 2.30. The lowest BCUT2D eigenvalue weighted by Gasteiger charge is -2.24. The van der Waals surface area contributed by atoms with Crippen molar-refractivity contribution in [1.29, 1.82) is 0 Å². The molecule has 92 valence electrons. The molecule has 1 aliphatic rings. The van der Waals surface area contributed by atoms with Gasteiger partial charge in [0.05, 0.1) is 12.2 Å². The van der Waals surface area contributed by atoms with E-state index in [4.69, 9.17) is 11.2 Å². The molecule has 16 heavy (non-hydrogen) atoms. The predicted octanol–water partition coefficient (Wildman–Crippen LogP) is 2.73. The maximum absolute atomic E-state index is 5.94. The van der Waals surface area contributed by atoms with Crippen LogP contribution in [0.2, 0.25) is 0 Å². The molecule has 1 fully saturated rings. The minimum absolute atomic E-state index is 0.402. The van der Waals surface area contributed by atoms with E-state index in [9.17, 15) is 0 Å². The van der Waals surface area contributed by atoms with Gasteiger partial charge in [-0.1, -0.05) is 6.92 Å². The van der Waals surface area contributed by atoms with E-state index >= 15 is 0 Å². The quantitative estimate of drug-likeness (QED) is 0.529. The van der Waals surface area contributed by atoms with Crippen LogP contribution in [0.5, 0.6) is 0 Å². The van der Waals surface area contributed by atoms with Crippen LogP contribution in [0.4, 0.5) is 0 Å². The zero-order chi connectivity index (χ0) is 11.8. The SMILES string of the molecule is C#CCCCC(NCCC)C1CCC(C)O1. The Morgan fingerprint density at radius 1 is 1.50 bits per heavy atom. The van der Waals surface area contributed by atoms with Crippen molar-refractivity contribution in [2.75, 3.05) is 6.54 Å². The first-order valence-electron chi connectivity index (χ1n) is 6.60. The van der Waals surface area contributed by atoms with Crippen molar-refractivity contribution in [3.05, 3.63) is 0 Å². The third-order valence-electron chi connectivity index (χ3n) is 3.21. The highest BCUT2D eigenvalue weighted by Gasteiger charge is 2.28. The summed E-state index contributed by atoms with van der Waals surface area (Å²) in [5, 5.41) is 3.60. The Morgan fingerprint density at radius 2 is 2.31 bits per heavy atom. The fraction of sp³-hybridized carbons (Fsp3) is 0.857. The Morgan fingerprint density at radius 3 is 2.88 bits per heavy atom. The second-order valence-corrected chi connectivity index (χ2v) is 4.72. The third-order valence-corrected chi connectivity index (χ3v) is 3.21. The van der Waals surface area contributed by atoms with E-state index in [0.717, 1.165) is 25.8 Å². The number of nitrogens with one attached hydrogen (secondary N) is 1.